The summed E-state index contributed by atoms with van der Waals surface area (Å²) in [6, 6.07) is 100. The molecule has 3 aromatic heterocycles. The minimum Gasteiger partial charge on any atom is -0.352 e. The van der Waals surface area contributed by atoms with Crippen molar-refractivity contribution in [2.24, 2.45) is 0 Å². The Morgan fingerprint density at radius 1 is 0.263 bits per heavy atom. The Bertz CT molecular complexity index is 5960. The number of nitrogens with one attached hydrogen (secondary N) is 2. The first-order valence-corrected chi connectivity index (χ1v) is 32.2. The van der Waals surface area contributed by atoms with Gasteiger partial charge >= 0.3 is 0 Å². The molecule has 8 bridgehead atoms. The second-order valence-electron chi connectivity index (χ2n) is 23.1. The molecule has 5 heterocycles. The van der Waals surface area contributed by atoms with Crippen LogP contribution in [0.4, 0.5) is 5.69 Å². The summed E-state index contributed by atoms with van der Waals surface area (Å²) < 4.78 is 0. The molecule has 0 spiro atoms. The average molecular weight is 1260 g/mol. The maximum atomic E-state index is 14.5. The Morgan fingerprint density at radius 3 is 0.768 bits per heavy atom. The second-order valence-corrected chi connectivity index (χ2v) is 23.1. The molecule has 7 heteroatoms. The Balaban J connectivity index is 1.29. The van der Waals surface area contributed by atoms with Crippen molar-refractivity contribution in [1.82, 2.24) is 19.9 Å². The molecular formula is C92H53N5O2. The molecule has 0 amide bonds. The SMILES string of the molecule is O=[N+]([O-])c1cc2[nH]c1c(-c1ccccc1)c1nc(c(-c3ccccc3)c3[nH]c(c(C#Cc4ccccc4)c3C#Cc3ccccc3)c(-c3ccccc3)c3nc(c2-c2ccccc2)C(C#Cc2ccccc2)=C3C#Cc2ccccc2)C(C#Cc2ccccc2)=C1C#Cc1ccccc1. The van der Waals surface area contributed by atoms with Crippen LogP contribution in [0, 0.1) is 81.2 Å². The molecule has 13 aromatic rings. The van der Waals surface area contributed by atoms with E-state index in [0.717, 1.165) is 44.5 Å². The number of rotatable bonds is 5. The van der Waals surface area contributed by atoms with E-state index >= 15 is 0 Å². The summed E-state index contributed by atoms with van der Waals surface area (Å²) >= 11 is 0. The summed E-state index contributed by atoms with van der Waals surface area (Å²) in [5.41, 5.74) is 15.4. The van der Waals surface area contributed by atoms with Gasteiger partial charge in [-0.25, -0.2) is 9.97 Å². The molecule has 15 rings (SSSR count). The van der Waals surface area contributed by atoms with Crippen molar-refractivity contribution in [2.45, 2.75) is 0 Å². The van der Waals surface area contributed by atoms with Gasteiger partial charge in [0.2, 0.25) is 0 Å². The highest BCUT2D eigenvalue weighted by Crippen LogP contribution is 2.48. The summed E-state index contributed by atoms with van der Waals surface area (Å²) in [4.78, 5) is 33.9. The lowest BCUT2D eigenvalue weighted by Crippen LogP contribution is -1.93. The van der Waals surface area contributed by atoms with Gasteiger partial charge in [0.05, 0.1) is 77.7 Å². The van der Waals surface area contributed by atoms with Gasteiger partial charge in [-0.1, -0.05) is 302 Å². The van der Waals surface area contributed by atoms with Crippen molar-refractivity contribution < 1.29 is 4.92 Å². The molecule has 0 fully saturated rings. The van der Waals surface area contributed by atoms with Gasteiger partial charge in [-0.3, -0.25) is 10.1 Å². The first-order valence-electron chi connectivity index (χ1n) is 32.2. The molecular weight excluding hydrogens is 1210 g/mol. The van der Waals surface area contributed by atoms with E-state index in [9.17, 15) is 10.1 Å². The fourth-order valence-electron chi connectivity index (χ4n) is 12.1. The van der Waals surface area contributed by atoms with Gasteiger partial charge in [0.25, 0.3) is 5.69 Å². The summed E-state index contributed by atoms with van der Waals surface area (Å²) in [6.45, 7) is 0. The number of H-pyrrole nitrogens is 2. The number of fused-ring (bicyclic) bond motifs is 8. The molecule has 99 heavy (non-hydrogen) atoms. The van der Waals surface area contributed by atoms with Gasteiger partial charge < -0.3 is 9.97 Å². The van der Waals surface area contributed by atoms with E-state index in [1.54, 1.807) is 6.07 Å². The van der Waals surface area contributed by atoms with E-state index in [0.29, 0.717) is 106 Å². The lowest BCUT2D eigenvalue weighted by Gasteiger charge is -2.08. The lowest BCUT2D eigenvalue weighted by atomic mass is 9.93. The summed E-state index contributed by atoms with van der Waals surface area (Å²) in [5.74, 6) is 43.5. The van der Waals surface area contributed by atoms with Crippen LogP contribution in [-0.4, -0.2) is 24.9 Å². The van der Waals surface area contributed by atoms with Gasteiger partial charge in [0, 0.05) is 61.7 Å². The highest BCUT2D eigenvalue weighted by molar-refractivity contribution is 6.17. The zero-order valence-electron chi connectivity index (χ0n) is 53.1. The highest BCUT2D eigenvalue weighted by Gasteiger charge is 2.33. The molecule has 0 saturated carbocycles. The van der Waals surface area contributed by atoms with Crippen LogP contribution in [0.25, 0.3) is 88.9 Å². The van der Waals surface area contributed by atoms with Crippen LogP contribution in [0.3, 0.4) is 0 Å². The number of benzene rings is 10. The number of nitro groups is 1. The molecule has 0 atom stereocenters. The Hall–Kier alpha value is -14.4. The predicted molar refractivity (Wildman–Crippen MR) is 401 cm³/mol. The normalized spacial score (nSPS) is 11.2. The standard InChI is InChI=1S/C92H53N5O2/c98-97(99)81-63-80-82(70-43-23-7-24-44-70)86-74(57-51-64-31-11-1-12-32-64)75(58-52-65-33-13-2-14-34-65)87(94-86)83(71-45-25-8-26-46-71)88-76(59-53-66-35-15-3-16-36-66)77(60-54-67-37-17-4-18-38-67)89(95-88)84(72-47-27-9-28-48-72)90-78(61-55-68-39-19-5-20-40-68)79(62-56-69-41-21-6-22-42-69)91(96-90)85(92(81)93-80)73-49-29-10-30-50-73/h1-50,63,93,95H. The molecule has 0 saturated heterocycles. The monoisotopic (exact) mass is 1260 g/mol. The molecule has 0 aliphatic carbocycles. The van der Waals surface area contributed by atoms with Crippen molar-refractivity contribution in [3.05, 3.63) is 387 Å². The third-order valence-corrected chi connectivity index (χ3v) is 16.7. The fraction of sp³-hybridized carbons (Fsp3) is 0. The van der Waals surface area contributed by atoms with Crippen molar-refractivity contribution in [3.63, 3.8) is 0 Å². The molecule has 0 unspecified atom stereocenters. The van der Waals surface area contributed by atoms with Crippen LogP contribution in [0.15, 0.2) is 309 Å². The molecule has 0 radical (unpaired) electrons. The lowest BCUT2D eigenvalue weighted by molar-refractivity contribution is -0.382. The summed E-state index contributed by atoms with van der Waals surface area (Å²) in [6.07, 6.45) is 0. The maximum Gasteiger partial charge on any atom is 0.295 e. The first kappa shape index (κ1) is 60.8. The number of allylic oxidation sites excluding steroid dienone is 4. The average Bonchev–Trinajstić information content (AvgIpc) is 1.58. The van der Waals surface area contributed by atoms with Crippen LogP contribution < -0.4 is 0 Å². The van der Waals surface area contributed by atoms with Crippen molar-refractivity contribution in [2.75, 3.05) is 0 Å². The molecule has 2 aliphatic rings. The number of hydrogen-bond acceptors (Lipinski definition) is 4. The third-order valence-electron chi connectivity index (χ3n) is 16.7. The molecule has 10 aromatic carbocycles. The zero-order chi connectivity index (χ0) is 66.7. The van der Waals surface area contributed by atoms with Crippen LogP contribution in [-0.2, 0) is 0 Å². The smallest absolute Gasteiger partial charge is 0.295 e. The van der Waals surface area contributed by atoms with E-state index in [2.05, 4.69) is 93.1 Å². The molecule has 2 aliphatic heterocycles. The highest BCUT2D eigenvalue weighted by atomic mass is 16.6. The van der Waals surface area contributed by atoms with Crippen LogP contribution in [0.5, 0.6) is 0 Å². The largest absolute Gasteiger partial charge is 0.352 e. The van der Waals surface area contributed by atoms with Gasteiger partial charge in [-0.15, -0.1) is 0 Å². The minimum absolute atomic E-state index is 0.164. The Labute approximate surface area is 573 Å². The topological polar surface area (TPSA) is 100 Å². The van der Waals surface area contributed by atoms with Crippen molar-refractivity contribution in [1.29, 1.82) is 0 Å². The van der Waals surface area contributed by atoms with Crippen molar-refractivity contribution in [3.8, 4) is 116 Å². The van der Waals surface area contributed by atoms with Crippen LogP contribution >= 0.6 is 0 Å². The Morgan fingerprint density at radius 2 is 0.495 bits per heavy atom. The van der Waals surface area contributed by atoms with Crippen LogP contribution in [0.1, 0.15) is 67.3 Å². The fourth-order valence-corrected chi connectivity index (χ4v) is 12.1. The number of hydrogen-bond donors (Lipinski definition) is 2. The predicted octanol–water partition coefficient (Wildman–Crippen LogP) is 19.7. The molecule has 458 valence electrons. The summed E-state index contributed by atoms with van der Waals surface area (Å²) in [5, 5.41) is 14.5. The van der Waals surface area contributed by atoms with E-state index in [1.165, 1.54) is 0 Å². The number of aromatic amines is 2. The van der Waals surface area contributed by atoms with Gasteiger partial charge in [-0.05, 0) is 95.1 Å². The van der Waals surface area contributed by atoms with E-state index in [1.807, 2.05) is 291 Å². The van der Waals surface area contributed by atoms with Gasteiger partial charge in [-0.2, -0.15) is 0 Å². The van der Waals surface area contributed by atoms with Gasteiger partial charge in [0.1, 0.15) is 5.52 Å². The molecule has 7 nitrogen and oxygen atoms in total. The number of aromatic nitrogens is 4. The Kier molecular flexibility index (Phi) is 17.2. The van der Waals surface area contributed by atoms with Gasteiger partial charge in [0.15, 0.2) is 0 Å². The first-order chi connectivity index (χ1) is 49.0. The quantitative estimate of drug-likeness (QED) is 0.102. The van der Waals surface area contributed by atoms with Crippen molar-refractivity contribution >= 4 is 50.0 Å². The van der Waals surface area contributed by atoms with E-state index in [-0.39, 0.29) is 16.1 Å². The van der Waals surface area contributed by atoms with Crippen LogP contribution in [0.2, 0.25) is 0 Å². The van der Waals surface area contributed by atoms with E-state index in [4.69, 9.17) is 9.97 Å². The minimum atomic E-state index is -0.347. The third kappa shape index (κ3) is 12.9. The number of nitrogens with zero attached hydrogens (tertiary/aromatic N) is 3. The maximum absolute atomic E-state index is 14.5. The zero-order valence-corrected chi connectivity index (χ0v) is 53.1. The summed E-state index contributed by atoms with van der Waals surface area (Å²) in [7, 11) is 0. The molecule has 2 N–H and O–H groups in total. The van der Waals surface area contributed by atoms with E-state index < -0.39 is 0 Å². The second kappa shape index (κ2) is 28.0.